The third kappa shape index (κ3) is 5.39. The van der Waals surface area contributed by atoms with Gasteiger partial charge in [-0.05, 0) is 42.5 Å². The molecule has 0 aromatic heterocycles. The second kappa shape index (κ2) is 9.90. The molecule has 11 heteroatoms. The molecule has 3 amide bonds. The number of non-ortho nitro benzene ring substituents is 1. The minimum absolute atomic E-state index is 0.0743. The van der Waals surface area contributed by atoms with Gasteiger partial charge >= 0.3 is 0 Å². The Morgan fingerprint density at radius 2 is 1.41 bits per heavy atom. The van der Waals surface area contributed by atoms with Crippen LogP contribution in [-0.2, 0) is 0 Å². The number of benzene rings is 3. The number of para-hydroxylation sites is 1. The highest BCUT2D eigenvalue weighted by molar-refractivity contribution is 6.36. The highest BCUT2D eigenvalue weighted by atomic mass is 35.5. The van der Waals surface area contributed by atoms with E-state index in [4.69, 9.17) is 23.2 Å². The summed E-state index contributed by atoms with van der Waals surface area (Å²) in [5.74, 6) is -1.92. The van der Waals surface area contributed by atoms with E-state index in [1.54, 1.807) is 12.1 Å². The number of hydrazine groups is 1. The lowest BCUT2D eigenvalue weighted by atomic mass is 10.1. The summed E-state index contributed by atoms with van der Waals surface area (Å²) in [7, 11) is 0. The summed E-state index contributed by atoms with van der Waals surface area (Å²) < 4.78 is 0. The van der Waals surface area contributed by atoms with Crippen LogP contribution < -0.4 is 16.2 Å². The molecule has 0 unspecified atom stereocenters. The molecule has 0 radical (unpaired) electrons. The van der Waals surface area contributed by atoms with Gasteiger partial charge in [0.15, 0.2) is 0 Å². The molecular weight excluding hydrogens is 459 g/mol. The zero-order valence-corrected chi connectivity index (χ0v) is 17.6. The number of rotatable bonds is 5. The summed E-state index contributed by atoms with van der Waals surface area (Å²) >= 11 is 11.8. The molecule has 0 aliphatic heterocycles. The van der Waals surface area contributed by atoms with Gasteiger partial charge in [-0.2, -0.15) is 0 Å². The molecule has 0 atom stereocenters. The van der Waals surface area contributed by atoms with Crippen molar-refractivity contribution >= 4 is 52.3 Å². The SMILES string of the molecule is O=C(Nc1ccccc1C(=O)NNC(=O)c1ccc(Cl)cc1Cl)c1ccc([N+](=O)[O-])cc1. The zero-order chi connectivity index (χ0) is 23.3. The van der Waals surface area contributed by atoms with Crippen LogP contribution in [0.2, 0.25) is 10.0 Å². The van der Waals surface area contributed by atoms with Crippen LogP contribution in [0.5, 0.6) is 0 Å². The Balaban J connectivity index is 1.70. The van der Waals surface area contributed by atoms with Gasteiger partial charge in [-0.25, -0.2) is 0 Å². The Morgan fingerprint density at radius 3 is 2.03 bits per heavy atom. The van der Waals surface area contributed by atoms with E-state index >= 15 is 0 Å². The van der Waals surface area contributed by atoms with Crippen molar-refractivity contribution in [2.24, 2.45) is 0 Å². The van der Waals surface area contributed by atoms with Gasteiger partial charge in [0.25, 0.3) is 23.4 Å². The molecule has 32 heavy (non-hydrogen) atoms. The molecule has 0 fully saturated rings. The van der Waals surface area contributed by atoms with Crippen molar-refractivity contribution in [1.29, 1.82) is 0 Å². The minimum atomic E-state index is -0.692. The minimum Gasteiger partial charge on any atom is -0.321 e. The lowest BCUT2D eigenvalue weighted by Gasteiger charge is -2.12. The molecule has 9 nitrogen and oxygen atoms in total. The fourth-order valence-corrected chi connectivity index (χ4v) is 3.14. The standard InChI is InChI=1S/C21H14Cl2N4O5/c22-13-7-10-15(17(23)11-13)20(29)25-26-21(30)16-3-1-2-4-18(16)24-19(28)12-5-8-14(9-6-12)27(31)32/h1-11H,(H,24,28)(H,25,29)(H,26,30). The molecule has 0 bridgehead atoms. The molecule has 0 spiro atoms. The van der Waals surface area contributed by atoms with Gasteiger partial charge in [0.05, 0.1) is 26.8 Å². The number of anilines is 1. The molecular formula is C21H14Cl2N4O5. The molecule has 0 aliphatic carbocycles. The summed E-state index contributed by atoms with van der Waals surface area (Å²) in [4.78, 5) is 47.5. The summed E-state index contributed by atoms with van der Waals surface area (Å²) in [5, 5.41) is 13.8. The highest BCUT2D eigenvalue weighted by Gasteiger charge is 2.17. The van der Waals surface area contributed by atoms with Gasteiger partial charge in [-0.1, -0.05) is 35.3 Å². The lowest BCUT2D eigenvalue weighted by molar-refractivity contribution is -0.384. The van der Waals surface area contributed by atoms with Gasteiger partial charge in [0.2, 0.25) is 0 Å². The van der Waals surface area contributed by atoms with Gasteiger partial charge in [-0.15, -0.1) is 0 Å². The molecule has 3 aromatic carbocycles. The third-order valence-corrected chi connectivity index (χ3v) is 4.77. The predicted octanol–water partition coefficient (Wildman–Crippen LogP) is 4.23. The number of halogens is 2. The van der Waals surface area contributed by atoms with Crippen LogP contribution in [0.3, 0.4) is 0 Å². The van der Waals surface area contributed by atoms with Crippen LogP contribution in [0.1, 0.15) is 31.1 Å². The number of nitrogens with zero attached hydrogens (tertiary/aromatic N) is 1. The zero-order valence-electron chi connectivity index (χ0n) is 16.1. The molecule has 0 saturated heterocycles. The van der Waals surface area contributed by atoms with Gasteiger partial charge in [-0.3, -0.25) is 35.3 Å². The molecule has 162 valence electrons. The van der Waals surface area contributed by atoms with Crippen molar-refractivity contribution in [3.8, 4) is 0 Å². The average molecular weight is 473 g/mol. The number of carbonyl (C=O) groups excluding carboxylic acids is 3. The van der Waals surface area contributed by atoms with E-state index in [9.17, 15) is 24.5 Å². The van der Waals surface area contributed by atoms with E-state index in [-0.39, 0.29) is 33.1 Å². The van der Waals surface area contributed by atoms with Crippen LogP contribution in [0.15, 0.2) is 66.7 Å². The molecule has 0 aliphatic rings. The van der Waals surface area contributed by atoms with Crippen molar-refractivity contribution in [2.75, 3.05) is 5.32 Å². The molecule has 3 rings (SSSR count). The fraction of sp³-hybridized carbons (Fsp3) is 0. The summed E-state index contributed by atoms with van der Waals surface area (Å²) in [5.41, 5.74) is 4.86. The second-order valence-corrected chi connectivity index (χ2v) is 7.18. The first-order chi connectivity index (χ1) is 15.3. The maximum Gasteiger partial charge on any atom is 0.271 e. The Labute approximate surface area is 191 Å². The van der Waals surface area contributed by atoms with Crippen molar-refractivity contribution in [3.63, 3.8) is 0 Å². The van der Waals surface area contributed by atoms with Crippen LogP contribution in [0.25, 0.3) is 0 Å². The van der Waals surface area contributed by atoms with E-state index in [0.29, 0.717) is 5.02 Å². The second-order valence-electron chi connectivity index (χ2n) is 6.34. The van der Waals surface area contributed by atoms with Crippen LogP contribution in [0, 0.1) is 10.1 Å². The maximum absolute atomic E-state index is 12.6. The average Bonchev–Trinajstić information content (AvgIpc) is 2.77. The first kappa shape index (κ1) is 22.7. The fourth-order valence-electron chi connectivity index (χ4n) is 2.64. The van der Waals surface area contributed by atoms with Gasteiger partial charge in [0, 0.05) is 22.7 Å². The number of nitro groups is 1. The number of amides is 3. The van der Waals surface area contributed by atoms with Crippen LogP contribution >= 0.6 is 23.2 Å². The Morgan fingerprint density at radius 1 is 0.781 bits per heavy atom. The highest BCUT2D eigenvalue weighted by Crippen LogP contribution is 2.21. The van der Waals surface area contributed by atoms with Crippen LogP contribution in [-0.4, -0.2) is 22.6 Å². The van der Waals surface area contributed by atoms with Gasteiger partial charge < -0.3 is 5.32 Å². The monoisotopic (exact) mass is 472 g/mol. The van der Waals surface area contributed by atoms with Crippen molar-refractivity contribution in [1.82, 2.24) is 10.9 Å². The molecule has 3 aromatic rings. The van der Waals surface area contributed by atoms with Crippen molar-refractivity contribution < 1.29 is 19.3 Å². The Hall–Kier alpha value is -3.95. The Kier molecular flexibility index (Phi) is 7.04. The quantitative estimate of drug-likeness (QED) is 0.377. The largest absolute Gasteiger partial charge is 0.321 e. The van der Waals surface area contributed by atoms with E-state index < -0.39 is 22.6 Å². The summed E-state index contributed by atoms with van der Waals surface area (Å²) in [6, 6.07) is 15.4. The van der Waals surface area contributed by atoms with Crippen LogP contribution in [0.4, 0.5) is 11.4 Å². The summed E-state index contributed by atoms with van der Waals surface area (Å²) in [6.07, 6.45) is 0. The third-order valence-electron chi connectivity index (χ3n) is 4.23. The topological polar surface area (TPSA) is 130 Å². The van der Waals surface area contributed by atoms with Gasteiger partial charge in [0.1, 0.15) is 0 Å². The lowest BCUT2D eigenvalue weighted by Crippen LogP contribution is -2.42. The maximum atomic E-state index is 12.6. The van der Waals surface area contributed by atoms with E-state index in [1.807, 2.05) is 0 Å². The predicted molar refractivity (Wildman–Crippen MR) is 119 cm³/mol. The summed E-state index contributed by atoms with van der Waals surface area (Å²) in [6.45, 7) is 0. The number of hydrogen-bond acceptors (Lipinski definition) is 5. The van der Waals surface area contributed by atoms with E-state index in [0.717, 1.165) is 0 Å². The normalized spacial score (nSPS) is 10.2. The van der Waals surface area contributed by atoms with E-state index in [1.165, 1.54) is 54.6 Å². The van der Waals surface area contributed by atoms with Crippen molar-refractivity contribution in [2.45, 2.75) is 0 Å². The molecule has 0 heterocycles. The number of hydrogen-bond donors (Lipinski definition) is 3. The van der Waals surface area contributed by atoms with E-state index in [2.05, 4.69) is 16.2 Å². The number of nitro benzene ring substituents is 1. The van der Waals surface area contributed by atoms with Crippen molar-refractivity contribution in [3.05, 3.63) is 104 Å². The molecule has 0 saturated carbocycles. The Bertz CT molecular complexity index is 1220. The smallest absolute Gasteiger partial charge is 0.271 e. The number of nitrogens with one attached hydrogen (secondary N) is 3. The first-order valence-electron chi connectivity index (χ1n) is 8.97. The first-order valence-corrected chi connectivity index (χ1v) is 9.72. The number of carbonyl (C=O) groups is 3. The molecule has 3 N–H and O–H groups in total.